The summed E-state index contributed by atoms with van der Waals surface area (Å²) in [6.45, 7) is 3.73. The van der Waals surface area contributed by atoms with Crippen LogP contribution in [-0.2, 0) is 4.74 Å². The summed E-state index contributed by atoms with van der Waals surface area (Å²) < 4.78 is 19.0. The molecule has 2 rings (SSSR count). The van der Waals surface area contributed by atoms with Crippen molar-refractivity contribution in [3.63, 3.8) is 0 Å². The van der Waals surface area contributed by atoms with Crippen LogP contribution in [-0.4, -0.2) is 13.2 Å². The Labute approximate surface area is 118 Å². The number of nitrogens with one attached hydrogen (secondary N) is 1. The molecule has 1 aliphatic heterocycles. The lowest BCUT2D eigenvalue weighted by molar-refractivity contribution is 0.167. The van der Waals surface area contributed by atoms with Gasteiger partial charge in [0.25, 0.3) is 0 Å². The molecular weight excluding hydrogens is 265 g/mol. The molecule has 0 aromatic heterocycles. The van der Waals surface area contributed by atoms with E-state index >= 15 is 0 Å². The zero-order valence-electron chi connectivity index (χ0n) is 11.1. The standard InChI is InChI=1S/C15H19ClFNO/c1-2-8-18-15(14-5-3-4-9-19-14)11-6-7-13(17)12(16)10-11/h5-7,10,15,18H,2-4,8-9H2,1H3. The van der Waals surface area contributed by atoms with Crippen molar-refractivity contribution < 1.29 is 9.13 Å². The van der Waals surface area contributed by atoms with Gasteiger partial charge in [-0.05, 0) is 49.6 Å². The smallest absolute Gasteiger partial charge is 0.141 e. The zero-order valence-corrected chi connectivity index (χ0v) is 11.8. The highest BCUT2D eigenvalue weighted by Gasteiger charge is 2.20. The first-order valence-corrected chi connectivity index (χ1v) is 7.11. The summed E-state index contributed by atoms with van der Waals surface area (Å²) in [5.74, 6) is 0.528. The molecule has 1 unspecified atom stereocenters. The molecule has 0 saturated heterocycles. The van der Waals surface area contributed by atoms with Crippen molar-refractivity contribution in [1.82, 2.24) is 5.32 Å². The third kappa shape index (κ3) is 3.71. The number of hydrogen-bond acceptors (Lipinski definition) is 2. The van der Waals surface area contributed by atoms with Crippen molar-refractivity contribution in [1.29, 1.82) is 0 Å². The van der Waals surface area contributed by atoms with Gasteiger partial charge >= 0.3 is 0 Å². The summed E-state index contributed by atoms with van der Waals surface area (Å²) in [7, 11) is 0. The van der Waals surface area contributed by atoms with Crippen LogP contribution in [0.15, 0.2) is 30.0 Å². The zero-order chi connectivity index (χ0) is 13.7. The van der Waals surface area contributed by atoms with E-state index in [0.717, 1.165) is 43.7 Å². The van der Waals surface area contributed by atoms with Crippen molar-refractivity contribution in [3.05, 3.63) is 46.4 Å². The fourth-order valence-corrected chi connectivity index (χ4v) is 2.33. The van der Waals surface area contributed by atoms with Gasteiger partial charge in [0, 0.05) is 0 Å². The van der Waals surface area contributed by atoms with Crippen LogP contribution >= 0.6 is 11.6 Å². The maximum absolute atomic E-state index is 13.3. The van der Waals surface area contributed by atoms with Crippen molar-refractivity contribution in [2.24, 2.45) is 0 Å². The molecule has 0 aliphatic carbocycles. The van der Waals surface area contributed by atoms with E-state index in [1.165, 1.54) is 6.07 Å². The van der Waals surface area contributed by atoms with E-state index in [1.807, 2.05) is 0 Å². The predicted molar refractivity (Wildman–Crippen MR) is 75.7 cm³/mol. The number of hydrogen-bond donors (Lipinski definition) is 1. The average molecular weight is 284 g/mol. The van der Waals surface area contributed by atoms with E-state index in [2.05, 4.69) is 18.3 Å². The maximum atomic E-state index is 13.3. The summed E-state index contributed by atoms with van der Waals surface area (Å²) in [6.07, 6.45) is 5.20. The SMILES string of the molecule is CCCNC(C1=CCCCO1)c1ccc(F)c(Cl)c1. The predicted octanol–water partition coefficient (Wildman–Crippen LogP) is 4.21. The van der Waals surface area contributed by atoms with E-state index in [0.29, 0.717) is 0 Å². The molecule has 1 aliphatic rings. The lowest BCUT2D eigenvalue weighted by Crippen LogP contribution is -2.26. The lowest BCUT2D eigenvalue weighted by atomic mass is 10.0. The van der Waals surface area contributed by atoms with Crippen LogP contribution in [0, 0.1) is 5.82 Å². The highest BCUT2D eigenvalue weighted by molar-refractivity contribution is 6.30. The Morgan fingerprint density at radius 2 is 2.32 bits per heavy atom. The normalized spacial score (nSPS) is 16.7. The fraction of sp³-hybridized carbons (Fsp3) is 0.467. The molecule has 1 heterocycles. The number of rotatable bonds is 5. The Balaban J connectivity index is 2.25. The molecule has 1 N–H and O–H groups in total. The molecule has 1 atom stereocenters. The van der Waals surface area contributed by atoms with Gasteiger partial charge in [-0.2, -0.15) is 0 Å². The summed E-state index contributed by atoms with van der Waals surface area (Å²) in [6, 6.07) is 4.79. The van der Waals surface area contributed by atoms with Crippen LogP contribution in [0.2, 0.25) is 5.02 Å². The Hall–Kier alpha value is -1.06. The van der Waals surface area contributed by atoms with Gasteiger partial charge in [-0.15, -0.1) is 0 Å². The minimum absolute atomic E-state index is 0.0432. The lowest BCUT2D eigenvalue weighted by Gasteiger charge is -2.25. The Kier molecular flexibility index (Phi) is 5.23. The van der Waals surface area contributed by atoms with Crippen LogP contribution in [0.1, 0.15) is 37.8 Å². The summed E-state index contributed by atoms with van der Waals surface area (Å²) in [5.41, 5.74) is 0.938. The van der Waals surface area contributed by atoms with E-state index in [4.69, 9.17) is 16.3 Å². The molecule has 2 nitrogen and oxygen atoms in total. The first-order valence-electron chi connectivity index (χ1n) is 6.73. The molecule has 0 fully saturated rings. The fourth-order valence-electron chi connectivity index (χ4n) is 2.14. The van der Waals surface area contributed by atoms with Crippen molar-refractivity contribution in [2.45, 2.75) is 32.2 Å². The molecular formula is C15H19ClFNO. The number of ether oxygens (including phenoxy) is 1. The van der Waals surface area contributed by atoms with E-state index in [9.17, 15) is 4.39 Å². The van der Waals surface area contributed by atoms with Gasteiger partial charge in [0.1, 0.15) is 11.6 Å². The van der Waals surface area contributed by atoms with Crippen molar-refractivity contribution >= 4 is 11.6 Å². The van der Waals surface area contributed by atoms with E-state index in [-0.39, 0.29) is 11.1 Å². The Bertz CT molecular complexity index is 461. The van der Waals surface area contributed by atoms with Gasteiger partial charge in [0.15, 0.2) is 0 Å². The molecule has 0 saturated carbocycles. The van der Waals surface area contributed by atoms with Crippen LogP contribution in [0.5, 0.6) is 0 Å². The molecule has 0 bridgehead atoms. The molecule has 4 heteroatoms. The summed E-state index contributed by atoms with van der Waals surface area (Å²) >= 11 is 5.87. The van der Waals surface area contributed by atoms with Crippen molar-refractivity contribution in [3.8, 4) is 0 Å². The molecule has 0 radical (unpaired) electrons. The molecule has 19 heavy (non-hydrogen) atoms. The van der Waals surface area contributed by atoms with Crippen LogP contribution in [0.25, 0.3) is 0 Å². The maximum Gasteiger partial charge on any atom is 0.141 e. The largest absolute Gasteiger partial charge is 0.496 e. The van der Waals surface area contributed by atoms with Gasteiger partial charge in [0.05, 0.1) is 17.7 Å². The minimum Gasteiger partial charge on any atom is -0.496 e. The summed E-state index contributed by atoms with van der Waals surface area (Å²) in [4.78, 5) is 0. The number of allylic oxidation sites excluding steroid dienone is 1. The highest BCUT2D eigenvalue weighted by atomic mass is 35.5. The Morgan fingerprint density at radius 3 is 2.95 bits per heavy atom. The van der Waals surface area contributed by atoms with E-state index < -0.39 is 5.82 Å². The van der Waals surface area contributed by atoms with Crippen LogP contribution in [0.3, 0.4) is 0 Å². The molecule has 104 valence electrons. The quantitative estimate of drug-likeness (QED) is 0.874. The number of halogens is 2. The second-order valence-corrected chi connectivity index (χ2v) is 5.07. The third-order valence-corrected chi connectivity index (χ3v) is 3.41. The average Bonchev–Trinajstić information content (AvgIpc) is 2.44. The monoisotopic (exact) mass is 283 g/mol. The second kappa shape index (κ2) is 6.92. The van der Waals surface area contributed by atoms with Crippen LogP contribution < -0.4 is 5.32 Å². The van der Waals surface area contributed by atoms with Crippen molar-refractivity contribution in [2.75, 3.05) is 13.2 Å². The van der Waals surface area contributed by atoms with Gasteiger partial charge in [0.2, 0.25) is 0 Å². The highest BCUT2D eigenvalue weighted by Crippen LogP contribution is 2.28. The Morgan fingerprint density at radius 1 is 1.47 bits per heavy atom. The third-order valence-electron chi connectivity index (χ3n) is 3.12. The minimum atomic E-state index is -0.391. The molecule has 0 amide bonds. The first-order chi connectivity index (χ1) is 9.22. The molecule has 1 aromatic carbocycles. The van der Waals surface area contributed by atoms with E-state index in [1.54, 1.807) is 12.1 Å². The molecule has 0 spiro atoms. The van der Waals surface area contributed by atoms with Crippen LogP contribution in [0.4, 0.5) is 4.39 Å². The summed E-state index contributed by atoms with van der Waals surface area (Å²) in [5, 5.41) is 3.58. The van der Waals surface area contributed by atoms with Gasteiger partial charge in [-0.25, -0.2) is 4.39 Å². The first kappa shape index (κ1) is 14.4. The topological polar surface area (TPSA) is 21.3 Å². The second-order valence-electron chi connectivity index (χ2n) is 4.66. The molecule has 1 aromatic rings. The number of benzene rings is 1. The van der Waals surface area contributed by atoms with Gasteiger partial charge in [-0.3, -0.25) is 0 Å². The van der Waals surface area contributed by atoms with Gasteiger partial charge < -0.3 is 10.1 Å². The van der Waals surface area contributed by atoms with Gasteiger partial charge in [-0.1, -0.05) is 24.6 Å².